The molecule has 0 atom stereocenters. The molecule has 1 aromatic carbocycles. The fourth-order valence-corrected chi connectivity index (χ4v) is 6.66. The number of nitrogens with zero attached hydrogens (tertiary/aromatic N) is 3. The third kappa shape index (κ3) is 2.94. The highest BCUT2D eigenvalue weighted by Crippen LogP contribution is 2.63. The quantitative estimate of drug-likeness (QED) is 0.772. The van der Waals surface area contributed by atoms with Crippen molar-refractivity contribution < 1.29 is 0 Å². The van der Waals surface area contributed by atoms with Gasteiger partial charge in [-0.05, 0) is 59.5 Å². The molecule has 0 unspecified atom stereocenters. The Kier molecular flexibility index (Phi) is 4.22. The molecule has 5 rings (SSSR count). The molecular formula is C21H26BN3S. The molecule has 2 aliphatic carbocycles. The Hall–Kier alpha value is -1.51. The lowest BCUT2D eigenvalue weighted by Crippen LogP contribution is -2.53. The average molecular weight is 363 g/mol. The third-order valence-corrected chi connectivity index (χ3v) is 7.85. The minimum absolute atomic E-state index is 0.655. The lowest BCUT2D eigenvalue weighted by Gasteiger charge is -2.58. The lowest BCUT2D eigenvalue weighted by molar-refractivity contribution is -0.0375. The van der Waals surface area contributed by atoms with Crippen LogP contribution in [0.2, 0.25) is 5.82 Å². The van der Waals surface area contributed by atoms with Gasteiger partial charge < -0.3 is 4.90 Å². The molecule has 26 heavy (non-hydrogen) atoms. The summed E-state index contributed by atoms with van der Waals surface area (Å²) in [5.41, 5.74) is 2.08. The van der Waals surface area contributed by atoms with Crippen molar-refractivity contribution in [3.63, 3.8) is 0 Å². The van der Waals surface area contributed by atoms with Gasteiger partial charge >= 0.3 is 0 Å². The first kappa shape index (κ1) is 16.7. The van der Waals surface area contributed by atoms with Gasteiger partial charge in [-0.1, -0.05) is 18.9 Å². The summed E-state index contributed by atoms with van der Waals surface area (Å²) in [4.78, 5) is 5.26. The fourth-order valence-electron chi connectivity index (χ4n) is 5.86. The van der Waals surface area contributed by atoms with Gasteiger partial charge in [-0.2, -0.15) is 0 Å². The minimum atomic E-state index is 0.655. The summed E-state index contributed by atoms with van der Waals surface area (Å²) in [6.45, 7) is 5.98. The molecule has 1 spiro atoms. The molecule has 1 saturated heterocycles. The van der Waals surface area contributed by atoms with Crippen molar-refractivity contribution in [3.8, 4) is 5.97 Å². The zero-order valence-electron chi connectivity index (χ0n) is 15.4. The maximum absolute atomic E-state index is 8.82. The molecule has 3 aliphatic rings. The molecule has 1 aliphatic heterocycles. The first-order valence-electron chi connectivity index (χ1n) is 10.1. The van der Waals surface area contributed by atoms with Crippen molar-refractivity contribution in [2.75, 3.05) is 37.6 Å². The van der Waals surface area contributed by atoms with Crippen LogP contribution < -0.4 is 4.90 Å². The number of rotatable bonds is 4. The van der Waals surface area contributed by atoms with Crippen molar-refractivity contribution in [3.05, 3.63) is 29.6 Å². The van der Waals surface area contributed by atoms with Gasteiger partial charge in [0.1, 0.15) is 0 Å². The summed E-state index contributed by atoms with van der Waals surface area (Å²) in [5.74, 6) is 3.97. The van der Waals surface area contributed by atoms with Crippen LogP contribution in [0.5, 0.6) is 0 Å². The average Bonchev–Trinajstić information content (AvgIpc) is 3.07. The Balaban J connectivity index is 1.11. The molecule has 134 valence electrons. The van der Waals surface area contributed by atoms with E-state index in [1.165, 1.54) is 61.1 Å². The maximum Gasteiger partial charge on any atom is 0.253 e. The van der Waals surface area contributed by atoms with Crippen LogP contribution in [0.4, 0.5) is 5.69 Å². The predicted octanol–water partition coefficient (Wildman–Crippen LogP) is 3.92. The highest BCUT2D eigenvalue weighted by molar-refractivity contribution is 7.17. The Bertz CT molecular complexity index is 819. The van der Waals surface area contributed by atoms with Gasteiger partial charge in [-0.15, -0.1) is 11.3 Å². The van der Waals surface area contributed by atoms with Crippen molar-refractivity contribution in [1.82, 2.24) is 4.90 Å². The van der Waals surface area contributed by atoms with Crippen LogP contribution in [-0.4, -0.2) is 44.9 Å². The number of piperazine rings is 1. The molecule has 0 N–H and O–H groups in total. The standard InChI is InChI=1S/C21H26BN3S/c23-15-22-17-12-21(13-17)10-16(11-21)14-24-5-7-25(8-6-24)19-2-1-3-20-18(19)4-9-26-20/h1-4,9,16-17,22H,5-8,10-14H2. The summed E-state index contributed by atoms with van der Waals surface area (Å²) in [5, 5.41) is 12.4. The smallest absolute Gasteiger partial charge is 0.253 e. The Morgan fingerprint density at radius 1 is 1.12 bits per heavy atom. The Morgan fingerprint density at radius 3 is 2.69 bits per heavy atom. The second-order valence-electron chi connectivity index (χ2n) is 8.81. The number of hydrogen-bond donors (Lipinski definition) is 0. The first-order chi connectivity index (χ1) is 12.7. The highest BCUT2D eigenvalue weighted by Gasteiger charge is 2.52. The van der Waals surface area contributed by atoms with Crippen LogP contribution in [0.25, 0.3) is 10.1 Å². The van der Waals surface area contributed by atoms with E-state index in [0.29, 0.717) is 11.2 Å². The van der Waals surface area contributed by atoms with Gasteiger partial charge in [0, 0.05) is 48.5 Å². The molecule has 2 aromatic rings. The number of anilines is 1. The van der Waals surface area contributed by atoms with Crippen LogP contribution in [0.3, 0.4) is 0 Å². The van der Waals surface area contributed by atoms with Gasteiger partial charge in [-0.3, -0.25) is 4.90 Å². The molecule has 0 bridgehead atoms. The summed E-state index contributed by atoms with van der Waals surface area (Å²) < 4.78 is 1.40. The molecule has 5 heteroatoms. The van der Waals surface area contributed by atoms with Crippen molar-refractivity contribution in [2.45, 2.75) is 31.5 Å². The van der Waals surface area contributed by atoms with Crippen LogP contribution in [-0.2, 0) is 0 Å². The first-order valence-corrected chi connectivity index (χ1v) is 10.9. The van der Waals surface area contributed by atoms with Gasteiger partial charge in [-0.25, -0.2) is 5.26 Å². The normalized spacial score (nSPS) is 31.4. The number of benzene rings is 1. The highest BCUT2D eigenvalue weighted by atomic mass is 32.1. The molecule has 2 heterocycles. The predicted molar refractivity (Wildman–Crippen MR) is 111 cm³/mol. The van der Waals surface area contributed by atoms with E-state index >= 15 is 0 Å². The van der Waals surface area contributed by atoms with Crippen LogP contribution in [0.1, 0.15) is 25.7 Å². The number of hydrogen-bond acceptors (Lipinski definition) is 4. The van der Waals surface area contributed by atoms with E-state index in [4.69, 9.17) is 5.26 Å². The second kappa shape index (κ2) is 6.58. The van der Waals surface area contributed by atoms with Crippen LogP contribution in [0.15, 0.2) is 29.6 Å². The van der Waals surface area contributed by atoms with Crippen molar-refractivity contribution in [1.29, 1.82) is 5.26 Å². The van der Waals surface area contributed by atoms with Gasteiger partial charge in [0.05, 0.1) is 0 Å². The monoisotopic (exact) mass is 363 g/mol. The van der Waals surface area contributed by atoms with E-state index < -0.39 is 0 Å². The van der Waals surface area contributed by atoms with Crippen molar-refractivity contribution in [2.24, 2.45) is 11.3 Å². The largest absolute Gasteiger partial charge is 0.368 e. The second-order valence-corrected chi connectivity index (χ2v) is 9.76. The molecule has 2 saturated carbocycles. The van der Waals surface area contributed by atoms with E-state index in [0.717, 1.165) is 26.3 Å². The minimum Gasteiger partial charge on any atom is -0.368 e. The third-order valence-electron chi connectivity index (χ3n) is 6.97. The summed E-state index contributed by atoms with van der Waals surface area (Å²) in [6.07, 6.45) is 5.50. The summed E-state index contributed by atoms with van der Waals surface area (Å²) >= 11 is 1.84. The molecular weight excluding hydrogens is 337 g/mol. The molecule has 3 nitrogen and oxygen atoms in total. The molecule has 0 amide bonds. The van der Waals surface area contributed by atoms with Gasteiger partial charge in [0.25, 0.3) is 7.28 Å². The Morgan fingerprint density at radius 2 is 1.92 bits per heavy atom. The topological polar surface area (TPSA) is 30.3 Å². The van der Waals surface area contributed by atoms with Crippen LogP contribution in [0, 0.1) is 22.6 Å². The SMILES string of the molecule is N#CBC1CC2(C1)CC(CN1CCN(c3cccc4sccc34)CC1)C2. The summed E-state index contributed by atoms with van der Waals surface area (Å²) in [7, 11) is 0.783. The van der Waals surface area contributed by atoms with E-state index in [1.54, 1.807) is 0 Å². The summed E-state index contributed by atoms with van der Waals surface area (Å²) in [6, 6.07) is 8.99. The van der Waals surface area contributed by atoms with E-state index in [-0.39, 0.29) is 0 Å². The van der Waals surface area contributed by atoms with E-state index in [1.807, 2.05) is 11.3 Å². The molecule has 3 fully saturated rings. The molecule has 0 radical (unpaired) electrons. The van der Waals surface area contributed by atoms with Crippen LogP contribution >= 0.6 is 11.3 Å². The lowest BCUT2D eigenvalue weighted by atomic mass is 9.40. The zero-order chi connectivity index (χ0) is 17.6. The number of thiophene rings is 1. The molecule has 1 aromatic heterocycles. The maximum atomic E-state index is 8.82. The Labute approximate surface area is 160 Å². The van der Waals surface area contributed by atoms with Gasteiger partial charge in [0.2, 0.25) is 0 Å². The fraction of sp³-hybridized carbons (Fsp3) is 0.571. The van der Waals surface area contributed by atoms with Gasteiger partial charge in [0.15, 0.2) is 0 Å². The number of fused-ring (bicyclic) bond motifs is 1. The van der Waals surface area contributed by atoms with E-state index in [9.17, 15) is 0 Å². The number of nitriles is 1. The van der Waals surface area contributed by atoms with E-state index in [2.05, 4.69) is 45.4 Å². The zero-order valence-corrected chi connectivity index (χ0v) is 16.2. The van der Waals surface area contributed by atoms with Crippen molar-refractivity contribution >= 4 is 34.4 Å².